The monoisotopic (exact) mass is 343 g/mol. The van der Waals surface area contributed by atoms with Gasteiger partial charge in [0.25, 0.3) is 5.91 Å². The summed E-state index contributed by atoms with van der Waals surface area (Å²) >= 11 is 0. The molecular formula is C19H21NO5. The molecule has 0 bridgehead atoms. The SMILES string of the molecule is CCOc1ccc(C(=O)Nc2cc(C(=O)O)c(C)cc2C)cc1OC. The number of hydrogen-bond acceptors (Lipinski definition) is 4. The normalized spacial score (nSPS) is 10.2. The zero-order valence-electron chi connectivity index (χ0n) is 14.7. The molecular weight excluding hydrogens is 322 g/mol. The number of aromatic carboxylic acids is 1. The molecule has 2 aromatic carbocycles. The highest BCUT2D eigenvalue weighted by Crippen LogP contribution is 2.29. The lowest BCUT2D eigenvalue weighted by Gasteiger charge is -2.13. The largest absolute Gasteiger partial charge is 0.493 e. The molecule has 0 saturated carbocycles. The Bertz CT molecular complexity index is 814. The van der Waals surface area contributed by atoms with Crippen molar-refractivity contribution in [1.29, 1.82) is 0 Å². The zero-order chi connectivity index (χ0) is 18.6. The fourth-order valence-electron chi connectivity index (χ4n) is 2.50. The minimum absolute atomic E-state index is 0.158. The van der Waals surface area contributed by atoms with Gasteiger partial charge in [0, 0.05) is 11.3 Å². The van der Waals surface area contributed by atoms with Crippen LogP contribution in [0.4, 0.5) is 5.69 Å². The lowest BCUT2D eigenvalue weighted by atomic mass is 10.0. The Kier molecular flexibility index (Phi) is 5.64. The van der Waals surface area contributed by atoms with Crippen LogP contribution in [0.1, 0.15) is 38.8 Å². The zero-order valence-corrected chi connectivity index (χ0v) is 14.7. The fourth-order valence-corrected chi connectivity index (χ4v) is 2.50. The Morgan fingerprint density at radius 3 is 2.40 bits per heavy atom. The van der Waals surface area contributed by atoms with E-state index in [9.17, 15) is 14.7 Å². The van der Waals surface area contributed by atoms with Crippen LogP contribution in [-0.2, 0) is 0 Å². The molecule has 25 heavy (non-hydrogen) atoms. The van der Waals surface area contributed by atoms with Crippen LogP contribution in [0.15, 0.2) is 30.3 Å². The summed E-state index contributed by atoms with van der Waals surface area (Å²) in [6, 6.07) is 8.09. The number of nitrogens with one attached hydrogen (secondary N) is 1. The van der Waals surface area contributed by atoms with Gasteiger partial charge in [-0.25, -0.2) is 4.79 Å². The Morgan fingerprint density at radius 1 is 1.08 bits per heavy atom. The van der Waals surface area contributed by atoms with Gasteiger partial charge in [0.05, 0.1) is 19.3 Å². The molecule has 6 heteroatoms. The molecule has 0 fully saturated rings. The summed E-state index contributed by atoms with van der Waals surface area (Å²) in [5.41, 5.74) is 2.43. The second-order valence-corrected chi connectivity index (χ2v) is 5.54. The number of rotatable bonds is 6. The van der Waals surface area contributed by atoms with Crippen LogP contribution in [0, 0.1) is 13.8 Å². The van der Waals surface area contributed by atoms with Crippen LogP contribution in [0.5, 0.6) is 11.5 Å². The van der Waals surface area contributed by atoms with Gasteiger partial charge in [-0.2, -0.15) is 0 Å². The summed E-state index contributed by atoms with van der Waals surface area (Å²) in [5, 5.41) is 12.0. The number of hydrogen-bond donors (Lipinski definition) is 2. The Labute approximate surface area is 146 Å². The molecule has 1 amide bonds. The van der Waals surface area contributed by atoms with E-state index in [0.717, 1.165) is 5.56 Å². The van der Waals surface area contributed by atoms with Crippen molar-refractivity contribution in [3.63, 3.8) is 0 Å². The van der Waals surface area contributed by atoms with Gasteiger partial charge in [0.15, 0.2) is 11.5 Å². The van der Waals surface area contributed by atoms with Crippen LogP contribution in [0.3, 0.4) is 0 Å². The summed E-state index contributed by atoms with van der Waals surface area (Å²) in [6.45, 7) is 5.88. The fraction of sp³-hybridized carbons (Fsp3) is 0.263. The van der Waals surface area contributed by atoms with E-state index in [1.54, 1.807) is 31.2 Å². The summed E-state index contributed by atoms with van der Waals surface area (Å²) < 4.78 is 10.7. The number of carbonyl (C=O) groups is 2. The topological polar surface area (TPSA) is 84.9 Å². The Morgan fingerprint density at radius 2 is 1.80 bits per heavy atom. The summed E-state index contributed by atoms with van der Waals surface area (Å²) in [7, 11) is 1.50. The van der Waals surface area contributed by atoms with E-state index in [-0.39, 0.29) is 11.5 Å². The smallest absolute Gasteiger partial charge is 0.336 e. The molecule has 0 atom stereocenters. The van der Waals surface area contributed by atoms with Crippen molar-refractivity contribution < 1.29 is 24.2 Å². The van der Waals surface area contributed by atoms with Crippen molar-refractivity contribution in [2.24, 2.45) is 0 Å². The Balaban J connectivity index is 2.31. The van der Waals surface area contributed by atoms with Crippen molar-refractivity contribution in [2.45, 2.75) is 20.8 Å². The lowest BCUT2D eigenvalue weighted by Crippen LogP contribution is -2.14. The average molecular weight is 343 g/mol. The third-order valence-corrected chi connectivity index (χ3v) is 3.78. The molecule has 6 nitrogen and oxygen atoms in total. The maximum atomic E-state index is 12.5. The first-order valence-corrected chi connectivity index (χ1v) is 7.84. The summed E-state index contributed by atoms with van der Waals surface area (Å²) in [5.74, 6) is -0.372. The molecule has 0 aliphatic heterocycles. The minimum Gasteiger partial charge on any atom is -0.493 e. The average Bonchev–Trinajstić information content (AvgIpc) is 2.57. The highest BCUT2D eigenvalue weighted by Gasteiger charge is 2.15. The first kappa shape index (κ1) is 18.3. The van der Waals surface area contributed by atoms with E-state index in [1.807, 2.05) is 13.8 Å². The number of anilines is 1. The van der Waals surface area contributed by atoms with Crippen molar-refractivity contribution in [3.05, 3.63) is 52.6 Å². The maximum Gasteiger partial charge on any atom is 0.336 e. The number of benzene rings is 2. The molecule has 2 rings (SSSR count). The first-order chi connectivity index (χ1) is 11.9. The van der Waals surface area contributed by atoms with E-state index >= 15 is 0 Å². The second-order valence-electron chi connectivity index (χ2n) is 5.54. The Hall–Kier alpha value is -3.02. The molecule has 0 heterocycles. The van der Waals surface area contributed by atoms with E-state index in [0.29, 0.717) is 34.9 Å². The first-order valence-electron chi connectivity index (χ1n) is 7.84. The van der Waals surface area contributed by atoms with E-state index in [4.69, 9.17) is 9.47 Å². The number of methoxy groups -OCH3 is 1. The number of carboxylic acid groups (broad SMARTS) is 1. The molecule has 2 aromatic rings. The summed E-state index contributed by atoms with van der Waals surface area (Å²) in [4.78, 5) is 23.8. The van der Waals surface area contributed by atoms with Crippen LogP contribution < -0.4 is 14.8 Å². The van der Waals surface area contributed by atoms with Crippen LogP contribution in [0.2, 0.25) is 0 Å². The highest BCUT2D eigenvalue weighted by atomic mass is 16.5. The van der Waals surface area contributed by atoms with Gasteiger partial charge >= 0.3 is 5.97 Å². The van der Waals surface area contributed by atoms with Crippen LogP contribution in [-0.4, -0.2) is 30.7 Å². The van der Waals surface area contributed by atoms with Crippen molar-refractivity contribution >= 4 is 17.6 Å². The molecule has 0 saturated heterocycles. The molecule has 0 radical (unpaired) electrons. The lowest BCUT2D eigenvalue weighted by molar-refractivity contribution is 0.0695. The number of carbonyl (C=O) groups excluding carboxylic acids is 1. The van der Waals surface area contributed by atoms with E-state index in [2.05, 4.69) is 5.32 Å². The van der Waals surface area contributed by atoms with Gasteiger partial charge in [-0.15, -0.1) is 0 Å². The maximum absolute atomic E-state index is 12.5. The van der Waals surface area contributed by atoms with Gasteiger partial charge < -0.3 is 19.9 Å². The van der Waals surface area contributed by atoms with E-state index < -0.39 is 5.97 Å². The molecule has 0 unspecified atom stereocenters. The van der Waals surface area contributed by atoms with Crippen molar-refractivity contribution in [3.8, 4) is 11.5 Å². The highest BCUT2D eigenvalue weighted by molar-refractivity contribution is 6.05. The standard InChI is InChI=1S/C19H21NO5/c1-5-25-16-7-6-13(9-17(16)24-4)18(21)20-15-10-14(19(22)23)11(2)8-12(15)3/h6-10H,5H2,1-4H3,(H,20,21)(H,22,23). The third-order valence-electron chi connectivity index (χ3n) is 3.78. The van der Waals surface area contributed by atoms with Gasteiger partial charge in [-0.05, 0) is 56.2 Å². The van der Waals surface area contributed by atoms with Crippen molar-refractivity contribution in [2.75, 3.05) is 19.0 Å². The molecule has 0 aliphatic carbocycles. The van der Waals surface area contributed by atoms with E-state index in [1.165, 1.54) is 13.2 Å². The second kappa shape index (κ2) is 7.70. The van der Waals surface area contributed by atoms with Crippen molar-refractivity contribution in [1.82, 2.24) is 0 Å². The number of amides is 1. The molecule has 0 aliphatic rings. The predicted octanol–water partition coefficient (Wildman–Crippen LogP) is 3.66. The third kappa shape index (κ3) is 4.09. The molecule has 0 aromatic heterocycles. The summed E-state index contributed by atoms with van der Waals surface area (Å²) in [6.07, 6.45) is 0. The van der Waals surface area contributed by atoms with Gasteiger partial charge in [0.1, 0.15) is 0 Å². The van der Waals surface area contributed by atoms with Gasteiger partial charge in [0.2, 0.25) is 0 Å². The molecule has 0 spiro atoms. The predicted molar refractivity (Wildman–Crippen MR) is 95.0 cm³/mol. The quantitative estimate of drug-likeness (QED) is 0.836. The van der Waals surface area contributed by atoms with Gasteiger partial charge in [-0.3, -0.25) is 4.79 Å². The minimum atomic E-state index is -1.03. The van der Waals surface area contributed by atoms with Crippen LogP contribution in [0.25, 0.3) is 0 Å². The number of ether oxygens (including phenoxy) is 2. The number of aryl methyl sites for hydroxylation is 2. The van der Waals surface area contributed by atoms with Crippen LogP contribution >= 0.6 is 0 Å². The molecule has 132 valence electrons. The molecule has 2 N–H and O–H groups in total. The van der Waals surface area contributed by atoms with Gasteiger partial charge in [-0.1, -0.05) is 6.07 Å². The number of carboxylic acids is 1.